The second-order valence-electron chi connectivity index (χ2n) is 3.98. The molecule has 1 unspecified atom stereocenters. The number of aromatic nitrogens is 1. The maximum absolute atomic E-state index is 11.7. The molecule has 0 saturated heterocycles. The molecule has 0 fully saturated rings. The van der Waals surface area contributed by atoms with E-state index in [4.69, 9.17) is 5.73 Å². The monoisotopic (exact) mass is 245 g/mol. The summed E-state index contributed by atoms with van der Waals surface area (Å²) in [6, 6.07) is 10.7. The lowest BCUT2D eigenvalue weighted by Crippen LogP contribution is -2.28. The summed E-state index contributed by atoms with van der Waals surface area (Å²) in [6.07, 6.45) is 0.824. The predicted molar refractivity (Wildman–Crippen MR) is 68.9 cm³/mol. The summed E-state index contributed by atoms with van der Waals surface area (Å²) in [6.45, 7) is 0.155. The highest BCUT2D eigenvalue weighted by Gasteiger charge is 2.11. The van der Waals surface area contributed by atoms with E-state index in [0.717, 1.165) is 5.56 Å². The van der Waals surface area contributed by atoms with Gasteiger partial charge >= 0.3 is 0 Å². The van der Waals surface area contributed by atoms with E-state index in [0.29, 0.717) is 11.4 Å². The van der Waals surface area contributed by atoms with Crippen LogP contribution in [0.3, 0.4) is 0 Å². The number of benzene rings is 1. The van der Waals surface area contributed by atoms with Gasteiger partial charge < -0.3 is 21.1 Å². The summed E-state index contributed by atoms with van der Waals surface area (Å²) >= 11 is 0. The van der Waals surface area contributed by atoms with Crippen LogP contribution in [0.15, 0.2) is 42.6 Å². The third-order valence-corrected chi connectivity index (χ3v) is 2.59. The average molecular weight is 245 g/mol. The van der Waals surface area contributed by atoms with Crippen LogP contribution in [0.25, 0.3) is 0 Å². The SMILES string of the molecule is Nc1c[nH]c(C(=O)NCC(O)c2ccccc2)c1. The normalized spacial score (nSPS) is 12.1. The summed E-state index contributed by atoms with van der Waals surface area (Å²) in [7, 11) is 0. The van der Waals surface area contributed by atoms with Crippen molar-refractivity contribution in [1.29, 1.82) is 0 Å². The fraction of sp³-hybridized carbons (Fsp3) is 0.154. The van der Waals surface area contributed by atoms with Crippen molar-refractivity contribution in [2.24, 2.45) is 0 Å². The second kappa shape index (κ2) is 5.37. The topological polar surface area (TPSA) is 91.1 Å². The fourth-order valence-electron chi connectivity index (χ4n) is 1.62. The number of carbonyl (C=O) groups excluding carboxylic acids is 1. The molecule has 0 radical (unpaired) electrons. The van der Waals surface area contributed by atoms with Gasteiger partial charge in [-0.15, -0.1) is 0 Å². The molecule has 1 aromatic carbocycles. The van der Waals surface area contributed by atoms with Crippen LogP contribution >= 0.6 is 0 Å². The number of aromatic amines is 1. The van der Waals surface area contributed by atoms with Crippen molar-refractivity contribution in [3.05, 3.63) is 53.9 Å². The zero-order valence-corrected chi connectivity index (χ0v) is 9.76. The van der Waals surface area contributed by atoms with Crippen LogP contribution < -0.4 is 11.1 Å². The van der Waals surface area contributed by atoms with Crippen molar-refractivity contribution >= 4 is 11.6 Å². The average Bonchev–Trinajstić information content (AvgIpc) is 2.83. The molecule has 1 heterocycles. The molecular formula is C13H15N3O2. The second-order valence-corrected chi connectivity index (χ2v) is 3.98. The third-order valence-electron chi connectivity index (χ3n) is 2.59. The molecule has 5 nitrogen and oxygen atoms in total. The minimum Gasteiger partial charge on any atom is -0.397 e. The van der Waals surface area contributed by atoms with Crippen LogP contribution in [0.2, 0.25) is 0 Å². The van der Waals surface area contributed by atoms with Gasteiger partial charge in [-0.3, -0.25) is 4.79 Å². The summed E-state index contributed by atoms with van der Waals surface area (Å²) in [5.41, 5.74) is 7.16. The van der Waals surface area contributed by atoms with E-state index < -0.39 is 6.10 Å². The van der Waals surface area contributed by atoms with Gasteiger partial charge in [0.1, 0.15) is 5.69 Å². The van der Waals surface area contributed by atoms with E-state index in [1.165, 1.54) is 0 Å². The molecule has 1 amide bonds. The Morgan fingerprint density at radius 2 is 2.11 bits per heavy atom. The first-order valence-electron chi connectivity index (χ1n) is 5.62. The number of aliphatic hydroxyl groups is 1. The zero-order chi connectivity index (χ0) is 13.0. The fourth-order valence-corrected chi connectivity index (χ4v) is 1.62. The number of nitrogens with one attached hydrogen (secondary N) is 2. The van der Waals surface area contributed by atoms with Gasteiger partial charge in [-0.1, -0.05) is 30.3 Å². The Morgan fingerprint density at radius 3 is 2.72 bits per heavy atom. The van der Waals surface area contributed by atoms with Gasteiger partial charge in [-0.25, -0.2) is 0 Å². The van der Waals surface area contributed by atoms with E-state index >= 15 is 0 Å². The number of hydrogen-bond donors (Lipinski definition) is 4. The lowest BCUT2D eigenvalue weighted by Gasteiger charge is -2.11. The lowest BCUT2D eigenvalue weighted by molar-refractivity contribution is 0.0912. The molecule has 94 valence electrons. The molecule has 18 heavy (non-hydrogen) atoms. The van der Waals surface area contributed by atoms with E-state index in [9.17, 15) is 9.90 Å². The predicted octanol–water partition coefficient (Wildman–Crippen LogP) is 1.06. The highest BCUT2D eigenvalue weighted by molar-refractivity contribution is 5.93. The Kier molecular flexibility index (Phi) is 3.64. The molecule has 1 aromatic heterocycles. The quantitative estimate of drug-likeness (QED) is 0.649. The number of nitrogen functional groups attached to an aromatic ring is 1. The Morgan fingerprint density at radius 1 is 1.39 bits per heavy atom. The number of rotatable bonds is 4. The van der Waals surface area contributed by atoms with Gasteiger partial charge in [0.15, 0.2) is 0 Å². The van der Waals surface area contributed by atoms with Crippen LogP contribution in [0.1, 0.15) is 22.2 Å². The van der Waals surface area contributed by atoms with Crippen molar-refractivity contribution in [3.8, 4) is 0 Å². The van der Waals surface area contributed by atoms with Crippen LogP contribution in [0, 0.1) is 0 Å². The van der Waals surface area contributed by atoms with Gasteiger partial charge in [-0.2, -0.15) is 0 Å². The Labute approximate surface area is 105 Å². The van der Waals surface area contributed by atoms with Gasteiger partial charge in [0.05, 0.1) is 6.10 Å². The first-order chi connectivity index (χ1) is 8.66. The zero-order valence-electron chi connectivity index (χ0n) is 9.76. The molecule has 0 aliphatic carbocycles. The molecule has 5 heteroatoms. The van der Waals surface area contributed by atoms with Crippen molar-refractivity contribution in [2.75, 3.05) is 12.3 Å². The Bertz CT molecular complexity index is 522. The van der Waals surface area contributed by atoms with Crippen molar-refractivity contribution in [2.45, 2.75) is 6.10 Å². The highest BCUT2D eigenvalue weighted by atomic mass is 16.3. The molecule has 1 atom stereocenters. The van der Waals surface area contributed by atoms with Gasteiger partial charge in [0.2, 0.25) is 0 Å². The van der Waals surface area contributed by atoms with Crippen molar-refractivity contribution in [1.82, 2.24) is 10.3 Å². The molecule has 0 aliphatic rings. The molecule has 0 aliphatic heterocycles. The summed E-state index contributed by atoms with van der Waals surface area (Å²) in [5, 5.41) is 12.5. The maximum Gasteiger partial charge on any atom is 0.267 e. The summed E-state index contributed by atoms with van der Waals surface area (Å²) in [5.74, 6) is -0.290. The van der Waals surface area contributed by atoms with Gasteiger partial charge in [0, 0.05) is 18.4 Å². The molecule has 5 N–H and O–H groups in total. The number of nitrogens with two attached hydrogens (primary N) is 1. The van der Waals surface area contributed by atoms with Crippen LogP contribution in [-0.4, -0.2) is 22.5 Å². The van der Waals surface area contributed by atoms with E-state index in [-0.39, 0.29) is 12.5 Å². The number of anilines is 1. The minimum absolute atomic E-state index is 0.155. The van der Waals surface area contributed by atoms with E-state index in [1.54, 1.807) is 12.3 Å². The first-order valence-corrected chi connectivity index (χ1v) is 5.62. The first kappa shape index (κ1) is 12.2. The largest absolute Gasteiger partial charge is 0.397 e. The van der Waals surface area contributed by atoms with Crippen molar-refractivity contribution < 1.29 is 9.90 Å². The maximum atomic E-state index is 11.7. The highest BCUT2D eigenvalue weighted by Crippen LogP contribution is 2.11. The van der Waals surface area contributed by atoms with E-state index in [1.807, 2.05) is 30.3 Å². The van der Waals surface area contributed by atoms with Crippen LogP contribution in [-0.2, 0) is 0 Å². The minimum atomic E-state index is -0.720. The molecule has 0 saturated carbocycles. The molecule has 2 rings (SSSR count). The molecule has 0 spiro atoms. The number of hydrogen-bond acceptors (Lipinski definition) is 3. The van der Waals surface area contributed by atoms with Crippen LogP contribution in [0.5, 0.6) is 0 Å². The molecule has 2 aromatic rings. The van der Waals surface area contributed by atoms with Crippen molar-refractivity contribution in [3.63, 3.8) is 0 Å². The summed E-state index contributed by atoms with van der Waals surface area (Å²) < 4.78 is 0. The number of carbonyl (C=O) groups is 1. The number of aliphatic hydroxyl groups excluding tert-OH is 1. The standard InChI is InChI=1S/C13H15N3O2/c14-10-6-11(15-7-10)13(18)16-8-12(17)9-4-2-1-3-5-9/h1-7,12,15,17H,8,14H2,(H,16,18). The summed E-state index contributed by atoms with van der Waals surface area (Å²) in [4.78, 5) is 14.4. The number of amides is 1. The Balaban J connectivity index is 1.90. The molecule has 0 bridgehead atoms. The van der Waals surface area contributed by atoms with E-state index in [2.05, 4.69) is 10.3 Å². The lowest BCUT2D eigenvalue weighted by atomic mass is 10.1. The smallest absolute Gasteiger partial charge is 0.267 e. The third kappa shape index (κ3) is 2.89. The van der Waals surface area contributed by atoms with Gasteiger partial charge in [-0.05, 0) is 11.6 Å². The molecular weight excluding hydrogens is 230 g/mol. The van der Waals surface area contributed by atoms with Gasteiger partial charge in [0.25, 0.3) is 5.91 Å². The van der Waals surface area contributed by atoms with Crippen LogP contribution in [0.4, 0.5) is 5.69 Å². The number of H-pyrrole nitrogens is 1. The Hall–Kier alpha value is -2.27.